The summed E-state index contributed by atoms with van der Waals surface area (Å²) in [5.41, 5.74) is 2.51. The van der Waals surface area contributed by atoms with Gasteiger partial charge in [0.2, 0.25) is 5.43 Å². The number of ether oxygens (including phenoxy) is 3. The number of hydrogen-bond acceptors (Lipinski definition) is 12. The van der Waals surface area contributed by atoms with Gasteiger partial charge in [0.05, 0.1) is 50.8 Å². The first-order valence-corrected chi connectivity index (χ1v) is 14.3. The zero-order valence-corrected chi connectivity index (χ0v) is 26.2. The summed E-state index contributed by atoms with van der Waals surface area (Å²) in [6.45, 7) is 7.00. The van der Waals surface area contributed by atoms with Crippen LogP contribution in [0.2, 0.25) is 0 Å². The maximum atomic E-state index is 14.1. The van der Waals surface area contributed by atoms with Gasteiger partial charge in [-0.1, -0.05) is 23.3 Å². The van der Waals surface area contributed by atoms with E-state index < -0.39 is 5.43 Å². The molecule has 10 nitrogen and oxygen atoms in total. The van der Waals surface area contributed by atoms with Crippen LogP contribution in [0.5, 0.6) is 23.0 Å². The second-order valence-corrected chi connectivity index (χ2v) is 11.5. The predicted octanol–water partition coefficient (Wildman–Crippen LogP) is 6.08. The minimum Gasteiger partial charge on any atom is -0.507 e. The lowest BCUT2D eigenvalue weighted by Crippen LogP contribution is -2.12. The highest BCUT2D eigenvalue weighted by Gasteiger charge is 2.25. The Morgan fingerprint density at radius 2 is 1.31 bits per heavy atom. The lowest BCUT2D eigenvalue weighted by atomic mass is 9.98. The fraction of sp³-hybridized carbons (Fsp3) is 0.367. The summed E-state index contributed by atoms with van der Waals surface area (Å²) in [6.07, 6.45) is 4.33. The minimum atomic E-state index is -0.479. The van der Waals surface area contributed by atoms with Gasteiger partial charge in [0.1, 0.15) is 28.1 Å². The van der Waals surface area contributed by atoms with E-state index >= 15 is 0 Å². The molecule has 0 aliphatic heterocycles. The van der Waals surface area contributed by atoms with Crippen LogP contribution in [0, 0.1) is 0 Å². The van der Waals surface area contributed by atoms with Gasteiger partial charge in [-0.3, -0.25) is 14.4 Å². The summed E-state index contributed by atoms with van der Waals surface area (Å²) in [5.74, 6) is 0.331. The molecule has 1 heterocycles. The van der Waals surface area contributed by atoms with Crippen LogP contribution in [0.15, 0.2) is 44.6 Å². The number of rotatable bonds is 13. The summed E-state index contributed by atoms with van der Waals surface area (Å²) in [5, 5.41) is 10.8. The van der Waals surface area contributed by atoms with Crippen LogP contribution in [0.4, 0.5) is 0 Å². The number of phenolic OH excluding ortho intramolecular Hbond substituents is 1. The molecule has 0 spiro atoms. The molecule has 0 atom stereocenters. The van der Waals surface area contributed by atoms with E-state index in [0.29, 0.717) is 41.6 Å². The number of allylic oxidation sites excluding steroid dienone is 4. The van der Waals surface area contributed by atoms with Gasteiger partial charge in [0, 0.05) is 23.3 Å². The summed E-state index contributed by atoms with van der Waals surface area (Å²) < 4.78 is 33.0. The van der Waals surface area contributed by atoms with Crippen molar-refractivity contribution < 1.29 is 41.7 Å². The van der Waals surface area contributed by atoms with Crippen LogP contribution in [0.1, 0.15) is 38.8 Å². The molecule has 1 N–H and O–H groups in total. The Kier molecular flexibility index (Phi) is 11.9. The summed E-state index contributed by atoms with van der Waals surface area (Å²) in [6, 6.07) is 2.95. The number of fused-ring (bicyclic) bond motifs is 2. The minimum absolute atomic E-state index is 0.0366. The summed E-state index contributed by atoms with van der Waals surface area (Å²) in [7, 11) is 4.19. The highest BCUT2D eigenvalue weighted by molar-refractivity contribution is 8.09. The Bertz CT molecular complexity index is 1600. The van der Waals surface area contributed by atoms with Crippen molar-refractivity contribution in [2.45, 2.75) is 40.5 Å². The van der Waals surface area contributed by atoms with E-state index in [9.17, 15) is 19.5 Å². The van der Waals surface area contributed by atoms with Crippen LogP contribution in [-0.2, 0) is 30.8 Å². The molecule has 3 aromatic rings. The predicted molar refractivity (Wildman–Crippen MR) is 165 cm³/mol. The number of carbonyl (C=O) groups is 2. The smallest absolute Gasteiger partial charge is 0.252 e. The van der Waals surface area contributed by atoms with Crippen molar-refractivity contribution in [3.8, 4) is 23.0 Å². The number of aromatic hydroxyl groups is 1. The molecule has 1 aromatic heterocycles. The maximum Gasteiger partial charge on any atom is 0.252 e. The molecular weight excluding hydrogens is 584 g/mol. The van der Waals surface area contributed by atoms with Gasteiger partial charge in [0.15, 0.2) is 24.7 Å². The molecule has 0 fully saturated rings. The Balaban J connectivity index is 2.35. The van der Waals surface area contributed by atoms with Gasteiger partial charge >= 0.3 is 0 Å². The Labute approximate surface area is 252 Å². The molecule has 0 saturated heterocycles. The van der Waals surface area contributed by atoms with E-state index in [1.807, 2.05) is 39.8 Å². The highest BCUT2D eigenvalue weighted by atomic mass is 32.2. The number of carbonyl (C=O) groups excluding carboxylic acids is 2. The molecule has 0 aliphatic rings. The first-order chi connectivity index (χ1) is 20.0. The van der Waals surface area contributed by atoms with Crippen LogP contribution in [0.3, 0.4) is 0 Å². The molecule has 0 unspecified atom stereocenters. The monoisotopic (exact) mass is 618 g/mol. The molecule has 0 aliphatic carbocycles. The molecule has 12 heteroatoms. The van der Waals surface area contributed by atoms with E-state index in [1.165, 1.54) is 33.5 Å². The Morgan fingerprint density at radius 1 is 0.810 bits per heavy atom. The molecule has 2 aromatic carbocycles. The third-order valence-electron chi connectivity index (χ3n) is 5.99. The third-order valence-corrected chi connectivity index (χ3v) is 6.93. The van der Waals surface area contributed by atoms with Gasteiger partial charge in [-0.15, -0.1) is 0 Å². The van der Waals surface area contributed by atoms with Crippen molar-refractivity contribution in [3.63, 3.8) is 0 Å². The SMILES string of the molecule is COSC(=O)COc1cc2oc3cc(OCC(=O)SOC)c(OC)c(CC=C(C)C)c3c(=O)c2c(O)c1CC=C(C)C. The highest BCUT2D eigenvalue weighted by Crippen LogP contribution is 2.41. The van der Waals surface area contributed by atoms with E-state index in [1.54, 1.807) is 0 Å². The average molecular weight is 619 g/mol. The van der Waals surface area contributed by atoms with Crippen molar-refractivity contribution in [2.24, 2.45) is 0 Å². The van der Waals surface area contributed by atoms with E-state index in [4.69, 9.17) is 27.0 Å². The summed E-state index contributed by atoms with van der Waals surface area (Å²) in [4.78, 5) is 38.3. The van der Waals surface area contributed by atoms with Gasteiger partial charge in [-0.05, 0) is 40.5 Å². The standard InChI is InChI=1S/C30H34O10S2/c1-16(2)8-10-18-20(38-14-24(31)41-36-6)12-22-27(28(18)33)29(34)26-19(11-9-17(3)4)30(35-5)23(13-21(26)40-22)39-15-25(32)42-37-7/h8-9,12-13,33H,10-11,14-15H2,1-7H3. The second kappa shape index (κ2) is 15.1. The van der Waals surface area contributed by atoms with Crippen molar-refractivity contribution >= 4 is 56.3 Å². The number of phenols is 1. The second-order valence-electron chi connectivity index (χ2n) is 9.56. The van der Waals surface area contributed by atoms with Gasteiger partial charge in [-0.25, -0.2) is 0 Å². The number of hydrogen-bond donors (Lipinski definition) is 1. The van der Waals surface area contributed by atoms with E-state index in [-0.39, 0.29) is 74.8 Å². The van der Waals surface area contributed by atoms with Crippen LogP contribution in [-0.4, -0.2) is 49.9 Å². The first kappa shape index (κ1) is 33.1. The van der Waals surface area contributed by atoms with Gasteiger partial charge in [0.25, 0.3) is 10.2 Å². The van der Waals surface area contributed by atoms with Gasteiger partial charge < -0.3 is 32.1 Å². The van der Waals surface area contributed by atoms with Crippen LogP contribution >= 0.6 is 24.1 Å². The zero-order chi connectivity index (χ0) is 31.0. The van der Waals surface area contributed by atoms with Crippen molar-refractivity contribution in [3.05, 3.63) is 56.8 Å². The zero-order valence-electron chi connectivity index (χ0n) is 24.6. The lowest BCUT2D eigenvalue weighted by molar-refractivity contribution is -0.113. The van der Waals surface area contributed by atoms with Crippen molar-refractivity contribution in [1.29, 1.82) is 0 Å². The van der Waals surface area contributed by atoms with Crippen LogP contribution in [0.25, 0.3) is 21.9 Å². The molecule has 0 saturated carbocycles. The maximum absolute atomic E-state index is 14.1. The fourth-order valence-corrected chi connectivity index (χ4v) is 4.76. The number of methoxy groups -OCH3 is 1. The lowest BCUT2D eigenvalue weighted by Gasteiger charge is -2.17. The average Bonchev–Trinajstić information content (AvgIpc) is 2.92. The topological polar surface area (TPSA) is 131 Å². The largest absolute Gasteiger partial charge is 0.507 e. The molecule has 3 rings (SSSR count). The number of benzene rings is 2. The van der Waals surface area contributed by atoms with Gasteiger partial charge in [-0.2, -0.15) is 0 Å². The van der Waals surface area contributed by atoms with E-state index in [0.717, 1.165) is 11.1 Å². The van der Waals surface area contributed by atoms with Crippen molar-refractivity contribution in [2.75, 3.05) is 34.5 Å². The molecular formula is C30H34O10S2. The molecule has 0 amide bonds. The van der Waals surface area contributed by atoms with Crippen molar-refractivity contribution in [1.82, 2.24) is 0 Å². The van der Waals surface area contributed by atoms with Crippen LogP contribution < -0.4 is 19.6 Å². The third kappa shape index (κ3) is 7.88. The normalized spacial score (nSPS) is 10.9. The first-order valence-electron chi connectivity index (χ1n) is 12.9. The molecule has 42 heavy (non-hydrogen) atoms. The Morgan fingerprint density at radius 3 is 1.83 bits per heavy atom. The Hall–Kier alpha value is -3.45. The molecule has 226 valence electrons. The summed E-state index contributed by atoms with van der Waals surface area (Å²) >= 11 is 1.28. The molecule has 0 bridgehead atoms. The fourth-order valence-electron chi connectivity index (χ4n) is 4.17. The molecule has 0 radical (unpaired) electrons. The van der Waals surface area contributed by atoms with E-state index in [2.05, 4.69) is 0 Å². The quantitative estimate of drug-likeness (QED) is 0.135.